The number of carbonyl (C=O) groups excluding carboxylic acids is 1. The van der Waals surface area contributed by atoms with Crippen molar-refractivity contribution in [2.75, 3.05) is 51.1 Å². The van der Waals surface area contributed by atoms with E-state index in [0.29, 0.717) is 28.7 Å². The number of hydrogen-bond donors (Lipinski definition) is 0. The Bertz CT molecular complexity index is 1110. The predicted octanol–water partition coefficient (Wildman–Crippen LogP) is 4.58. The zero-order valence-electron chi connectivity index (χ0n) is 17.3. The second-order valence-electron chi connectivity index (χ2n) is 7.44. The number of morpholine rings is 1. The highest BCUT2D eigenvalue weighted by atomic mass is 79.9. The summed E-state index contributed by atoms with van der Waals surface area (Å²) in [7, 11) is 0. The fraction of sp³-hybridized carbons (Fsp3) is 0.364. The van der Waals surface area contributed by atoms with E-state index < -0.39 is 0 Å². The van der Waals surface area contributed by atoms with Crippen LogP contribution in [-0.4, -0.2) is 62.0 Å². The van der Waals surface area contributed by atoms with Gasteiger partial charge < -0.3 is 14.2 Å². The van der Waals surface area contributed by atoms with E-state index in [-0.39, 0.29) is 25.1 Å². The minimum Gasteiger partial charge on any atom is -0.454 e. The first-order valence-corrected chi connectivity index (χ1v) is 11.9. The van der Waals surface area contributed by atoms with Crippen LogP contribution in [0, 0.1) is 0 Å². The van der Waals surface area contributed by atoms with Crippen molar-refractivity contribution in [3.05, 3.63) is 46.4 Å². The number of ether oxygens (including phenoxy) is 3. The van der Waals surface area contributed by atoms with Crippen molar-refractivity contribution in [3.63, 3.8) is 0 Å². The van der Waals surface area contributed by atoms with E-state index in [4.69, 9.17) is 19.2 Å². The Morgan fingerprint density at radius 1 is 1.12 bits per heavy atom. The maximum Gasteiger partial charge on any atom is 0.260 e. The van der Waals surface area contributed by atoms with Crippen LogP contribution in [0.2, 0.25) is 0 Å². The Labute approximate surface area is 204 Å². The van der Waals surface area contributed by atoms with Gasteiger partial charge in [-0.2, -0.15) is 0 Å². The number of thiazole rings is 1. The quantitative estimate of drug-likeness (QED) is 0.456. The normalized spacial score (nSPS) is 15.5. The smallest absolute Gasteiger partial charge is 0.260 e. The lowest BCUT2D eigenvalue weighted by Gasteiger charge is -2.27. The van der Waals surface area contributed by atoms with Crippen LogP contribution < -0.4 is 14.4 Å². The molecular formula is C22H23BrClN3O4S. The highest BCUT2D eigenvalue weighted by molar-refractivity contribution is 9.10. The van der Waals surface area contributed by atoms with E-state index in [1.807, 2.05) is 18.2 Å². The Kier molecular flexibility index (Phi) is 7.52. The van der Waals surface area contributed by atoms with Gasteiger partial charge in [0.25, 0.3) is 5.91 Å². The molecule has 2 aliphatic heterocycles. The summed E-state index contributed by atoms with van der Waals surface area (Å²) in [5.74, 6) is 1.19. The predicted molar refractivity (Wildman–Crippen MR) is 131 cm³/mol. The molecule has 1 aromatic heterocycles. The van der Waals surface area contributed by atoms with Gasteiger partial charge in [-0.3, -0.25) is 14.6 Å². The lowest BCUT2D eigenvalue weighted by atomic mass is 10.1. The molecule has 1 saturated heterocycles. The lowest BCUT2D eigenvalue weighted by molar-refractivity contribution is 0.0376. The van der Waals surface area contributed by atoms with E-state index in [2.05, 4.69) is 20.8 Å². The molecule has 1 amide bonds. The van der Waals surface area contributed by atoms with Gasteiger partial charge in [0.1, 0.15) is 0 Å². The Morgan fingerprint density at radius 2 is 1.94 bits per heavy atom. The van der Waals surface area contributed by atoms with Gasteiger partial charge in [0.15, 0.2) is 16.6 Å². The van der Waals surface area contributed by atoms with Crippen LogP contribution in [-0.2, 0) is 4.74 Å². The van der Waals surface area contributed by atoms with E-state index in [1.54, 1.807) is 23.1 Å². The molecule has 0 bridgehead atoms. The van der Waals surface area contributed by atoms with Gasteiger partial charge in [-0.05, 0) is 42.8 Å². The Hall–Kier alpha value is -1.91. The average Bonchev–Trinajstić information content (AvgIpc) is 3.42. The monoisotopic (exact) mass is 539 g/mol. The third kappa shape index (κ3) is 5.02. The van der Waals surface area contributed by atoms with Crippen LogP contribution in [0.5, 0.6) is 11.5 Å². The molecular weight excluding hydrogens is 518 g/mol. The first-order chi connectivity index (χ1) is 15.2. The van der Waals surface area contributed by atoms with Crippen LogP contribution in [0.1, 0.15) is 16.8 Å². The standard InChI is InChI=1S/C22H22BrN3O4S.ClH/c23-16-3-4-17-20(13-16)31-22(24-17)26(7-1-6-25-8-10-28-11-9-25)21(27)15-2-5-18-19(12-15)30-14-29-18;/h2-5,12-13H,1,6-11,14H2;1H. The molecule has 2 aromatic carbocycles. The summed E-state index contributed by atoms with van der Waals surface area (Å²) < 4.78 is 18.3. The lowest BCUT2D eigenvalue weighted by Crippen LogP contribution is -2.39. The second-order valence-corrected chi connectivity index (χ2v) is 9.37. The van der Waals surface area contributed by atoms with Gasteiger partial charge in [0.05, 0.1) is 23.4 Å². The van der Waals surface area contributed by atoms with Crippen molar-refractivity contribution in [3.8, 4) is 11.5 Å². The number of benzene rings is 2. The van der Waals surface area contributed by atoms with Crippen molar-refractivity contribution in [2.24, 2.45) is 0 Å². The number of rotatable bonds is 6. The molecule has 5 rings (SSSR count). The summed E-state index contributed by atoms with van der Waals surface area (Å²) in [6.07, 6.45) is 0.857. The molecule has 1 fully saturated rings. The first kappa shape index (κ1) is 23.3. The van der Waals surface area contributed by atoms with E-state index in [0.717, 1.165) is 54.0 Å². The molecule has 0 aliphatic carbocycles. The molecule has 0 radical (unpaired) electrons. The highest BCUT2D eigenvalue weighted by Crippen LogP contribution is 2.35. The number of anilines is 1. The van der Waals surface area contributed by atoms with Gasteiger partial charge in [0.2, 0.25) is 6.79 Å². The molecule has 3 aromatic rings. The summed E-state index contributed by atoms with van der Waals surface area (Å²) in [6, 6.07) is 11.3. The third-order valence-electron chi connectivity index (χ3n) is 5.39. The van der Waals surface area contributed by atoms with E-state index in [1.165, 1.54) is 11.3 Å². The molecule has 32 heavy (non-hydrogen) atoms. The maximum atomic E-state index is 13.5. The van der Waals surface area contributed by atoms with Crippen LogP contribution in [0.15, 0.2) is 40.9 Å². The molecule has 0 N–H and O–H groups in total. The van der Waals surface area contributed by atoms with Crippen molar-refractivity contribution in [1.82, 2.24) is 9.88 Å². The topological polar surface area (TPSA) is 64.1 Å². The van der Waals surface area contributed by atoms with Gasteiger partial charge in [-0.25, -0.2) is 4.98 Å². The summed E-state index contributed by atoms with van der Waals surface area (Å²) in [6.45, 7) is 5.11. The van der Waals surface area contributed by atoms with Crippen molar-refractivity contribution < 1.29 is 19.0 Å². The summed E-state index contributed by atoms with van der Waals surface area (Å²) in [4.78, 5) is 22.4. The molecule has 170 valence electrons. The molecule has 0 unspecified atom stereocenters. The van der Waals surface area contributed by atoms with Crippen LogP contribution in [0.25, 0.3) is 10.2 Å². The minimum atomic E-state index is -0.0848. The maximum absolute atomic E-state index is 13.5. The summed E-state index contributed by atoms with van der Waals surface area (Å²) in [5, 5.41) is 0.706. The average molecular weight is 541 g/mol. The van der Waals surface area contributed by atoms with Crippen molar-refractivity contribution >= 4 is 60.9 Å². The number of fused-ring (bicyclic) bond motifs is 2. The van der Waals surface area contributed by atoms with Crippen LogP contribution in [0.3, 0.4) is 0 Å². The highest BCUT2D eigenvalue weighted by Gasteiger charge is 2.24. The van der Waals surface area contributed by atoms with Crippen molar-refractivity contribution in [1.29, 1.82) is 0 Å². The van der Waals surface area contributed by atoms with Gasteiger partial charge >= 0.3 is 0 Å². The van der Waals surface area contributed by atoms with E-state index >= 15 is 0 Å². The number of aromatic nitrogens is 1. The molecule has 3 heterocycles. The SMILES string of the molecule is Cl.O=C(c1ccc2c(c1)OCO2)N(CCCN1CCOCC1)c1nc2ccc(Br)cc2s1. The molecule has 0 atom stereocenters. The fourth-order valence-electron chi connectivity index (χ4n) is 3.75. The van der Waals surface area contributed by atoms with Gasteiger partial charge in [-0.15, -0.1) is 12.4 Å². The molecule has 10 heteroatoms. The van der Waals surface area contributed by atoms with Gasteiger partial charge in [0, 0.05) is 36.2 Å². The third-order valence-corrected chi connectivity index (χ3v) is 6.93. The largest absolute Gasteiger partial charge is 0.454 e. The van der Waals surface area contributed by atoms with Crippen LogP contribution >= 0.6 is 39.7 Å². The molecule has 0 spiro atoms. The number of carbonyl (C=O) groups is 1. The first-order valence-electron chi connectivity index (χ1n) is 10.2. The minimum absolute atomic E-state index is 0. The molecule has 0 saturated carbocycles. The summed E-state index contributed by atoms with van der Waals surface area (Å²) >= 11 is 5.04. The van der Waals surface area contributed by atoms with E-state index in [9.17, 15) is 4.79 Å². The number of amides is 1. The second kappa shape index (κ2) is 10.4. The number of hydrogen-bond acceptors (Lipinski definition) is 7. The molecule has 7 nitrogen and oxygen atoms in total. The van der Waals surface area contributed by atoms with Crippen LogP contribution in [0.4, 0.5) is 5.13 Å². The Balaban J connectivity index is 0.00000245. The number of halogens is 2. The van der Waals surface area contributed by atoms with Crippen molar-refractivity contribution in [2.45, 2.75) is 6.42 Å². The number of nitrogens with zero attached hydrogens (tertiary/aromatic N) is 3. The van der Waals surface area contributed by atoms with Gasteiger partial charge in [-0.1, -0.05) is 27.3 Å². The zero-order valence-corrected chi connectivity index (χ0v) is 20.5. The Morgan fingerprint density at radius 3 is 2.78 bits per heavy atom. The fourth-order valence-corrected chi connectivity index (χ4v) is 5.29. The summed E-state index contributed by atoms with van der Waals surface area (Å²) in [5.41, 5.74) is 1.45. The zero-order chi connectivity index (χ0) is 21.2. The molecule has 2 aliphatic rings.